The van der Waals surface area contributed by atoms with E-state index >= 15 is 0 Å². The summed E-state index contributed by atoms with van der Waals surface area (Å²) < 4.78 is 4.57. The van der Waals surface area contributed by atoms with Crippen molar-refractivity contribution < 1.29 is 14.5 Å². The predicted molar refractivity (Wildman–Crippen MR) is 64.7 cm³/mol. The number of hydrogen-bond acceptors (Lipinski definition) is 7. The van der Waals surface area contributed by atoms with Crippen molar-refractivity contribution in [2.45, 2.75) is 31.2 Å². The highest BCUT2D eigenvalue weighted by molar-refractivity contribution is 5.63. The van der Waals surface area contributed by atoms with Crippen molar-refractivity contribution in [1.29, 1.82) is 0 Å². The zero-order valence-corrected chi connectivity index (χ0v) is 10.5. The molecule has 0 N–H and O–H groups in total. The van der Waals surface area contributed by atoms with Crippen LogP contribution in [0.2, 0.25) is 0 Å². The average molecular weight is 278 g/mol. The lowest BCUT2D eigenvalue weighted by molar-refractivity contribution is -0.561. The monoisotopic (exact) mass is 278 g/mol. The molecule has 20 heavy (non-hydrogen) atoms. The van der Waals surface area contributed by atoms with Crippen molar-refractivity contribution in [1.82, 2.24) is 10.3 Å². The molecule has 2 aliphatic rings. The summed E-state index contributed by atoms with van der Waals surface area (Å²) in [5.41, 5.74) is -0.787. The summed E-state index contributed by atoms with van der Waals surface area (Å²) in [6, 6.07) is 0. The van der Waals surface area contributed by atoms with Gasteiger partial charge in [0.2, 0.25) is 5.69 Å². The first-order chi connectivity index (χ1) is 9.45. The van der Waals surface area contributed by atoms with Crippen molar-refractivity contribution in [2.24, 2.45) is 0 Å². The van der Waals surface area contributed by atoms with Crippen molar-refractivity contribution in [2.75, 3.05) is 0 Å². The average Bonchev–Trinajstić information content (AvgIpc) is 2.86. The van der Waals surface area contributed by atoms with Crippen LogP contribution < -0.4 is 0 Å². The first kappa shape index (κ1) is 12.5. The zero-order chi connectivity index (χ0) is 14.5. The first-order valence-corrected chi connectivity index (χ1v) is 5.96. The quantitative estimate of drug-likeness (QED) is 0.456. The Hall–Kier alpha value is -2.58. The molecular weight excluding hydrogens is 268 g/mol. The summed E-state index contributed by atoms with van der Waals surface area (Å²) in [5, 5.41) is 29.9. The van der Waals surface area contributed by atoms with E-state index in [4.69, 9.17) is 0 Å². The Labute approximate surface area is 112 Å². The number of rotatable bonds is 2. The molecule has 0 fully saturated rings. The van der Waals surface area contributed by atoms with Crippen molar-refractivity contribution >= 4 is 5.70 Å². The van der Waals surface area contributed by atoms with Gasteiger partial charge in [-0.2, -0.15) is 0 Å². The summed E-state index contributed by atoms with van der Waals surface area (Å²) >= 11 is 0. The van der Waals surface area contributed by atoms with Crippen molar-refractivity contribution in [3.63, 3.8) is 0 Å². The third-order valence-corrected chi connectivity index (χ3v) is 3.92. The van der Waals surface area contributed by atoms with Gasteiger partial charge in [0, 0.05) is 11.3 Å². The lowest BCUT2D eigenvalue weighted by atomic mass is 9.69. The smallest absolute Gasteiger partial charge is 0.264 e. The summed E-state index contributed by atoms with van der Waals surface area (Å²) in [6.07, 6.45) is 3.34. The Morgan fingerprint density at radius 2 is 2.15 bits per heavy atom. The minimum absolute atomic E-state index is 0.00725. The number of nitro groups is 2. The minimum Gasteiger partial charge on any atom is -0.264 e. The second kappa shape index (κ2) is 3.95. The highest BCUT2D eigenvalue weighted by atomic mass is 16.6. The molecular formula is C11H10N4O5. The van der Waals surface area contributed by atoms with E-state index in [-0.39, 0.29) is 17.8 Å². The van der Waals surface area contributed by atoms with Gasteiger partial charge in [0.15, 0.2) is 0 Å². The van der Waals surface area contributed by atoms with Gasteiger partial charge in [-0.3, -0.25) is 20.2 Å². The molecule has 0 aliphatic heterocycles. The van der Waals surface area contributed by atoms with Crippen molar-refractivity contribution in [3.8, 4) is 0 Å². The molecule has 0 aromatic carbocycles. The van der Waals surface area contributed by atoms with Gasteiger partial charge in [-0.1, -0.05) is 16.8 Å². The topological polar surface area (TPSA) is 125 Å². The van der Waals surface area contributed by atoms with E-state index in [0.717, 1.165) is 11.6 Å². The zero-order valence-electron chi connectivity index (χ0n) is 10.5. The van der Waals surface area contributed by atoms with Gasteiger partial charge in [-0.05, 0) is 18.5 Å². The third kappa shape index (κ3) is 1.49. The molecule has 2 atom stereocenters. The Bertz CT molecular complexity index is 676. The van der Waals surface area contributed by atoms with Gasteiger partial charge in [-0.25, -0.2) is 4.63 Å². The van der Waals surface area contributed by atoms with E-state index in [1.165, 1.54) is 0 Å². The number of aromatic nitrogens is 2. The maximum atomic E-state index is 11.5. The van der Waals surface area contributed by atoms with Gasteiger partial charge < -0.3 is 0 Å². The summed E-state index contributed by atoms with van der Waals surface area (Å²) in [5.74, 6) is -0.590. The maximum Gasteiger partial charge on any atom is 0.303 e. The molecule has 0 radical (unpaired) electrons. The highest BCUT2D eigenvalue weighted by Gasteiger charge is 2.58. The van der Waals surface area contributed by atoms with Crippen LogP contribution in [0.25, 0.3) is 5.70 Å². The van der Waals surface area contributed by atoms with E-state index < -0.39 is 27.0 Å². The first-order valence-electron chi connectivity index (χ1n) is 5.96. The largest absolute Gasteiger partial charge is 0.303 e. The molecule has 0 spiro atoms. The molecule has 0 amide bonds. The van der Waals surface area contributed by atoms with Crippen LogP contribution in [0.4, 0.5) is 0 Å². The number of hydrogen-bond donors (Lipinski definition) is 0. The summed E-state index contributed by atoms with van der Waals surface area (Å²) in [6.45, 7) is 1.86. The summed E-state index contributed by atoms with van der Waals surface area (Å²) in [7, 11) is 0. The van der Waals surface area contributed by atoms with Gasteiger partial charge in [0.1, 0.15) is 5.69 Å². The van der Waals surface area contributed by atoms with Crippen LogP contribution in [0.15, 0.2) is 22.4 Å². The molecule has 9 nitrogen and oxygen atoms in total. The Kier molecular flexibility index (Phi) is 2.46. The molecule has 0 unspecified atom stereocenters. The molecule has 1 aromatic heterocycles. The Morgan fingerprint density at radius 1 is 1.40 bits per heavy atom. The fraction of sp³-hybridized carbons (Fsp3) is 0.455. The Balaban J connectivity index is 2.27. The van der Waals surface area contributed by atoms with E-state index in [9.17, 15) is 20.2 Å². The van der Waals surface area contributed by atoms with E-state index in [1.54, 1.807) is 6.08 Å². The van der Waals surface area contributed by atoms with Gasteiger partial charge >= 0.3 is 5.70 Å². The Morgan fingerprint density at radius 3 is 2.80 bits per heavy atom. The minimum atomic E-state index is -1.55. The molecule has 3 rings (SSSR count). The predicted octanol–water partition coefficient (Wildman–Crippen LogP) is 1.54. The second-order valence-corrected chi connectivity index (χ2v) is 5.04. The van der Waals surface area contributed by atoms with E-state index in [2.05, 4.69) is 14.9 Å². The third-order valence-electron chi connectivity index (χ3n) is 3.92. The van der Waals surface area contributed by atoms with Crippen molar-refractivity contribution in [3.05, 3.63) is 49.3 Å². The lowest BCUT2D eigenvalue weighted by Crippen LogP contribution is -2.46. The molecule has 104 valence electrons. The molecule has 2 aliphatic carbocycles. The standard InChI is InChI=1S/C11H10N4O5/c1-6-2-3-11(15(18)19)5-8(14(16)17)10-9(7(11)4-6)12-20-13-10/h2,5,7H,3-4H2,1H3/t7-,11-/m1/s1. The lowest BCUT2D eigenvalue weighted by Gasteiger charge is -2.33. The number of allylic oxidation sites excluding steroid dienone is 1. The fourth-order valence-electron chi connectivity index (χ4n) is 2.86. The van der Waals surface area contributed by atoms with Crippen LogP contribution in [0.1, 0.15) is 37.1 Å². The molecule has 0 saturated heterocycles. The maximum absolute atomic E-state index is 11.5. The second-order valence-electron chi connectivity index (χ2n) is 5.04. The van der Waals surface area contributed by atoms with Gasteiger partial charge in [0.05, 0.1) is 16.9 Å². The van der Waals surface area contributed by atoms with Crippen LogP contribution >= 0.6 is 0 Å². The molecule has 1 heterocycles. The highest BCUT2D eigenvalue weighted by Crippen LogP contribution is 2.48. The number of nitrogens with zero attached hydrogens (tertiary/aromatic N) is 4. The molecule has 9 heteroatoms. The van der Waals surface area contributed by atoms with Crippen LogP contribution in [0.5, 0.6) is 0 Å². The normalized spacial score (nSPS) is 27.9. The van der Waals surface area contributed by atoms with Gasteiger partial charge in [0.25, 0.3) is 5.54 Å². The van der Waals surface area contributed by atoms with Crippen LogP contribution in [-0.4, -0.2) is 25.7 Å². The SMILES string of the molecule is CC1=CC[C@@]2([N+](=O)[O-])C=C([N+](=O)[O-])c3nonc3[C@H]2C1. The van der Waals surface area contributed by atoms with Gasteiger partial charge in [-0.15, -0.1) is 0 Å². The van der Waals surface area contributed by atoms with Crippen LogP contribution in [0.3, 0.4) is 0 Å². The van der Waals surface area contributed by atoms with E-state index in [1.807, 2.05) is 6.92 Å². The van der Waals surface area contributed by atoms with E-state index in [0.29, 0.717) is 6.42 Å². The molecule has 0 bridgehead atoms. The van der Waals surface area contributed by atoms with Crippen LogP contribution in [0, 0.1) is 20.2 Å². The summed E-state index contributed by atoms with van der Waals surface area (Å²) in [4.78, 5) is 21.5. The van der Waals surface area contributed by atoms with Crippen LogP contribution in [-0.2, 0) is 0 Å². The fourth-order valence-corrected chi connectivity index (χ4v) is 2.86. The molecule has 1 aromatic rings. The molecule has 0 saturated carbocycles. The number of fused-ring (bicyclic) bond motifs is 3.